The number of rotatable bonds is 3. The van der Waals surface area contributed by atoms with Crippen molar-refractivity contribution in [3.05, 3.63) is 35.9 Å². The fourth-order valence-corrected chi connectivity index (χ4v) is 3.47. The molecule has 15 heavy (non-hydrogen) atoms. The Morgan fingerprint density at radius 1 is 1.27 bits per heavy atom. The molecule has 1 aromatic carbocycles. The highest BCUT2D eigenvalue weighted by atomic mass is 32.2. The summed E-state index contributed by atoms with van der Waals surface area (Å²) in [6.45, 7) is 0. The van der Waals surface area contributed by atoms with Crippen LogP contribution in [0, 0.1) is 0 Å². The van der Waals surface area contributed by atoms with Crippen LogP contribution in [-0.4, -0.2) is 17.0 Å². The van der Waals surface area contributed by atoms with Gasteiger partial charge in [0, 0.05) is 11.3 Å². The maximum atomic E-state index is 6.26. The van der Waals surface area contributed by atoms with Crippen molar-refractivity contribution in [3.63, 3.8) is 0 Å². The summed E-state index contributed by atoms with van der Waals surface area (Å²) in [5, 5.41) is 0.680. The zero-order chi connectivity index (χ0) is 10.5. The molecule has 2 atom stereocenters. The summed E-state index contributed by atoms with van der Waals surface area (Å²) in [5.41, 5.74) is 7.63. The van der Waals surface area contributed by atoms with Crippen LogP contribution in [0.3, 0.4) is 0 Å². The van der Waals surface area contributed by atoms with E-state index in [0.717, 1.165) is 6.42 Å². The molecule has 1 nitrogen and oxygen atoms in total. The van der Waals surface area contributed by atoms with Gasteiger partial charge < -0.3 is 5.73 Å². The van der Waals surface area contributed by atoms with Crippen LogP contribution in [0.4, 0.5) is 0 Å². The fraction of sp³-hybridized carbons (Fsp3) is 0.538. The van der Waals surface area contributed by atoms with Gasteiger partial charge in [-0.2, -0.15) is 11.8 Å². The van der Waals surface area contributed by atoms with Gasteiger partial charge in [-0.05, 0) is 30.6 Å². The highest BCUT2D eigenvalue weighted by Crippen LogP contribution is 2.27. The third-order valence-electron chi connectivity index (χ3n) is 3.01. The van der Waals surface area contributed by atoms with Gasteiger partial charge in [0.1, 0.15) is 0 Å². The minimum Gasteiger partial charge on any atom is -0.326 e. The minimum absolute atomic E-state index is 0.331. The van der Waals surface area contributed by atoms with Crippen molar-refractivity contribution in [2.24, 2.45) is 5.73 Å². The molecule has 2 unspecified atom stereocenters. The second-order valence-corrected chi connectivity index (χ2v) is 5.61. The van der Waals surface area contributed by atoms with Gasteiger partial charge in [-0.25, -0.2) is 0 Å². The van der Waals surface area contributed by atoms with E-state index in [-0.39, 0.29) is 0 Å². The lowest BCUT2D eigenvalue weighted by atomic mass is 10.0. The van der Waals surface area contributed by atoms with E-state index in [0.29, 0.717) is 11.3 Å². The summed E-state index contributed by atoms with van der Waals surface area (Å²) < 4.78 is 0. The van der Waals surface area contributed by atoms with Crippen LogP contribution in [0.15, 0.2) is 30.3 Å². The zero-order valence-electron chi connectivity index (χ0n) is 9.06. The summed E-state index contributed by atoms with van der Waals surface area (Å²) in [5.74, 6) is 1.30. The summed E-state index contributed by atoms with van der Waals surface area (Å²) in [6.07, 6.45) is 5.07. The van der Waals surface area contributed by atoms with E-state index in [1.807, 2.05) is 0 Å². The molecule has 0 aromatic heterocycles. The van der Waals surface area contributed by atoms with Crippen LogP contribution in [0.5, 0.6) is 0 Å². The van der Waals surface area contributed by atoms with Crippen molar-refractivity contribution in [3.8, 4) is 0 Å². The lowest BCUT2D eigenvalue weighted by Gasteiger charge is -2.27. The van der Waals surface area contributed by atoms with Crippen LogP contribution in [-0.2, 0) is 6.42 Å². The standard InChI is InChI=1S/C13H19NS/c14-12(13-8-4-5-9-15-13)10-11-6-2-1-3-7-11/h1-3,6-7,12-13H,4-5,8-10,14H2. The van der Waals surface area contributed by atoms with Crippen LogP contribution < -0.4 is 5.73 Å². The number of nitrogens with two attached hydrogens (primary N) is 1. The van der Waals surface area contributed by atoms with E-state index in [4.69, 9.17) is 5.73 Å². The lowest BCUT2D eigenvalue weighted by molar-refractivity contribution is 0.559. The molecule has 1 heterocycles. The highest BCUT2D eigenvalue weighted by Gasteiger charge is 2.20. The summed E-state index contributed by atoms with van der Waals surface area (Å²) in [7, 11) is 0. The number of thioether (sulfide) groups is 1. The minimum atomic E-state index is 0.331. The van der Waals surface area contributed by atoms with Crippen molar-refractivity contribution in [2.75, 3.05) is 5.75 Å². The molecule has 1 aliphatic heterocycles. The molecule has 2 rings (SSSR count). The van der Waals surface area contributed by atoms with Gasteiger partial charge in [0.2, 0.25) is 0 Å². The second-order valence-electron chi connectivity index (χ2n) is 4.26. The molecular weight excluding hydrogens is 202 g/mol. The second kappa shape index (κ2) is 5.57. The average molecular weight is 221 g/mol. The molecular formula is C13H19NS. The Balaban J connectivity index is 1.88. The summed E-state index contributed by atoms with van der Waals surface area (Å²) in [6, 6.07) is 10.9. The smallest absolute Gasteiger partial charge is 0.0202 e. The average Bonchev–Trinajstić information content (AvgIpc) is 2.31. The van der Waals surface area contributed by atoms with Crippen LogP contribution >= 0.6 is 11.8 Å². The van der Waals surface area contributed by atoms with Gasteiger partial charge in [-0.1, -0.05) is 36.8 Å². The van der Waals surface area contributed by atoms with Gasteiger partial charge in [0.15, 0.2) is 0 Å². The van der Waals surface area contributed by atoms with Gasteiger partial charge >= 0.3 is 0 Å². The maximum absolute atomic E-state index is 6.26. The molecule has 0 saturated carbocycles. The van der Waals surface area contributed by atoms with Crippen LogP contribution in [0.25, 0.3) is 0 Å². The molecule has 0 aliphatic carbocycles. The van der Waals surface area contributed by atoms with E-state index < -0.39 is 0 Å². The van der Waals surface area contributed by atoms with Crippen molar-refractivity contribution >= 4 is 11.8 Å². The van der Waals surface area contributed by atoms with Gasteiger partial charge in [0.05, 0.1) is 0 Å². The summed E-state index contributed by atoms with van der Waals surface area (Å²) in [4.78, 5) is 0. The molecule has 82 valence electrons. The first-order valence-electron chi connectivity index (χ1n) is 5.77. The molecule has 0 radical (unpaired) electrons. The predicted octanol–water partition coefficient (Wildman–Crippen LogP) is 2.84. The van der Waals surface area contributed by atoms with Crippen LogP contribution in [0.1, 0.15) is 24.8 Å². The van der Waals surface area contributed by atoms with Crippen molar-refractivity contribution in [1.82, 2.24) is 0 Å². The monoisotopic (exact) mass is 221 g/mol. The molecule has 1 aromatic rings. The highest BCUT2D eigenvalue weighted by molar-refractivity contribution is 8.00. The lowest BCUT2D eigenvalue weighted by Crippen LogP contribution is -2.36. The van der Waals surface area contributed by atoms with E-state index >= 15 is 0 Å². The Labute approximate surface area is 96.4 Å². The quantitative estimate of drug-likeness (QED) is 0.849. The molecule has 2 N–H and O–H groups in total. The normalized spacial score (nSPS) is 23.7. The Kier molecular flexibility index (Phi) is 4.09. The summed E-state index contributed by atoms with van der Waals surface area (Å²) >= 11 is 2.07. The first kappa shape index (κ1) is 11.0. The van der Waals surface area contributed by atoms with E-state index in [1.54, 1.807) is 0 Å². The van der Waals surface area contributed by atoms with Gasteiger partial charge in [-0.3, -0.25) is 0 Å². The first-order chi connectivity index (χ1) is 7.36. The maximum Gasteiger partial charge on any atom is 0.0202 e. The third-order valence-corrected chi connectivity index (χ3v) is 4.54. The molecule has 0 bridgehead atoms. The third kappa shape index (κ3) is 3.25. The number of hydrogen-bond donors (Lipinski definition) is 1. The van der Waals surface area contributed by atoms with Crippen molar-refractivity contribution in [1.29, 1.82) is 0 Å². The topological polar surface area (TPSA) is 26.0 Å². The number of benzene rings is 1. The SMILES string of the molecule is NC(Cc1ccccc1)C1CCCCS1. The Morgan fingerprint density at radius 2 is 2.07 bits per heavy atom. The van der Waals surface area contributed by atoms with Gasteiger partial charge in [-0.15, -0.1) is 0 Å². The molecule has 1 aliphatic rings. The predicted molar refractivity (Wildman–Crippen MR) is 68.2 cm³/mol. The molecule has 1 fully saturated rings. The molecule has 0 spiro atoms. The van der Waals surface area contributed by atoms with E-state index in [9.17, 15) is 0 Å². The number of hydrogen-bond acceptors (Lipinski definition) is 2. The largest absolute Gasteiger partial charge is 0.326 e. The Hall–Kier alpha value is -0.470. The van der Waals surface area contributed by atoms with Crippen molar-refractivity contribution < 1.29 is 0 Å². The Bertz CT molecular complexity index is 280. The first-order valence-corrected chi connectivity index (χ1v) is 6.82. The fourth-order valence-electron chi connectivity index (χ4n) is 2.12. The Morgan fingerprint density at radius 3 is 2.73 bits per heavy atom. The molecule has 1 saturated heterocycles. The van der Waals surface area contributed by atoms with Crippen molar-refractivity contribution in [2.45, 2.75) is 37.0 Å². The van der Waals surface area contributed by atoms with Crippen LogP contribution in [0.2, 0.25) is 0 Å². The van der Waals surface area contributed by atoms with E-state index in [1.165, 1.54) is 30.6 Å². The molecule has 0 amide bonds. The van der Waals surface area contributed by atoms with Gasteiger partial charge in [0.25, 0.3) is 0 Å². The van der Waals surface area contributed by atoms with E-state index in [2.05, 4.69) is 42.1 Å². The molecule has 2 heteroatoms. The zero-order valence-corrected chi connectivity index (χ0v) is 9.88.